The first-order valence-electron chi connectivity index (χ1n) is 8.50. The van der Waals surface area contributed by atoms with Crippen LogP contribution >= 0.6 is 11.8 Å². The highest BCUT2D eigenvalue weighted by molar-refractivity contribution is 7.99. The van der Waals surface area contributed by atoms with Gasteiger partial charge < -0.3 is 15.0 Å². The lowest BCUT2D eigenvalue weighted by atomic mass is 10.2. The van der Waals surface area contributed by atoms with E-state index in [1.165, 1.54) is 16.7 Å². The van der Waals surface area contributed by atoms with Gasteiger partial charge in [0.05, 0.1) is 11.4 Å². The van der Waals surface area contributed by atoms with Crippen molar-refractivity contribution in [1.29, 1.82) is 5.26 Å². The summed E-state index contributed by atoms with van der Waals surface area (Å²) in [6.45, 7) is 0.219. The van der Waals surface area contributed by atoms with Gasteiger partial charge in [0, 0.05) is 12.3 Å². The molecule has 1 aliphatic heterocycles. The Bertz CT molecular complexity index is 851. The van der Waals surface area contributed by atoms with Crippen LogP contribution in [0.15, 0.2) is 54.6 Å². The average Bonchev–Trinajstić information content (AvgIpc) is 3.21. The highest BCUT2D eigenvalue weighted by Crippen LogP contribution is 2.22. The monoisotopic (exact) mass is 381 g/mol. The fourth-order valence-electron chi connectivity index (χ4n) is 2.72. The van der Waals surface area contributed by atoms with E-state index < -0.39 is 6.04 Å². The zero-order valence-electron chi connectivity index (χ0n) is 14.6. The van der Waals surface area contributed by atoms with Gasteiger partial charge >= 0.3 is 0 Å². The number of nitrogens with one attached hydrogen (secondary N) is 1. The first-order chi connectivity index (χ1) is 13.2. The van der Waals surface area contributed by atoms with Crippen LogP contribution in [0.2, 0.25) is 0 Å². The largest absolute Gasteiger partial charge is 0.482 e. The molecule has 0 saturated carbocycles. The molecule has 3 rings (SSSR count). The van der Waals surface area contributed by atoms with Crippen molar-refractivity contribution >= 4 is 23.6 Å². The van der Waals surface area contributed by atoms with Crippen LogP contribution in [0, 0.1) is 11.3 Å². The minimum Gasteiger partial charge on any atom is -0.482 e. The first-order valence-corrected chi connectivity index (χ1v) is 9.65. The van der Waals surface area contributed by atoms with Crippen LogP contribution in [0.1, 0.15) is 11.1 Å². The van der Waals surface area contributed by atoms with E-state index in [0.29, 0.717) is 29.5 Å². The first kappa shape index (κ1) is 18.8. The molecule has 138 valence electrons. The SMILES string of the molecule is N#Cc1ccccc1OCC(=O)N1CSC[C@H]1C(=O)NCc1ccccc1. The second-order valence-corrected chi connectivity index (χ2v) is 6.98. The van der Waals surface area contributed by atoms with Gasteiger partial charge in [-0.15, -0.1) is 11.8 Å². The molecule has 0 radical (unpaired) electrons. The molecule has 1 saturated heterocycles. The van der Waals surface area contributed by atoms with Crippen molar-refractivity contribution in [3.05, 3.63) is 65.7 Å². The number of thioether (sulfide) groups is 1. The van der Waals surface area contributed by atoms with Crippen LogP contribution in [-0.4, -0.2) is 41.0 Å². The summed E-state index contributed by atoms with van der Waals surface area (Å²) in [5, 5.41) is 12.0. The molecule has 1 heterocycles. The number of hydrogen-bond acceptors (Lipinski definition) is 5. The number of amides is 2. The average molecular weight is 381 g/mol. The molecule has 2 aromatic carbocycles. The van der Waals surface area contributed by atoms with Gasteiger partial charge in [-0.25, -0.2) is 0 Å². The van der Waals surface area contributed by atoms with Gasteiger partial charge in [0.2, 0.25) is 5.91 Å². The summed E-state index contributed by atoms with van der Waals surface area (Å²) in [7, 11) is 0. The lowest BCUT2D eigenvalue weighted by Gasteiger charge is -2.23. The second kappa shape index (κ2) is 9.10. The zero-order valence-corrected chi connectivity index (χ0v) is 15.4. The highest BCUT2D eigenvalue weighted by atomic mass is 32.2. The third-order valence-electron chi connectivity index (χ3n) is 4.17. The summed E-state index contributed by atoms with van der Waals surface area (Å²) >= 11 is 1.53. The lowest BCUT2D eigenvalue weighted by Crippen LogP contribution is -2.48. The summed E-state index contributed by atoms with van der Waals surface area (Å²) in [5.41, 5.74) is 1.38. The molecule has 0 bridgehead atoms. The number of rotatable bonds is 6. The Labute approximate surface area is 162 Å². The molecule has 2 aromatic rings. The topological polar surface area (TPSA) is 82.4 Å². The number of ether oxygens (including phenoxy) is 1. The molecule has 1 N–H and O–H groups in total. The molecular formula is C20H19N3O3S. The van der Waals surface area contributed by atoms with Crippen molar-refractivity contribution in [2.24, 2.45) is 0 Å². The fourth-order valence-corrected chi connectivity index (χ4v) is 3.90. The number of nitrogens with zero attached hydrogens (tertiary/aromatic N) is 2. The van der Waals surface area contributed by atoms with Crippen LogP contribution in [-0.2, 0) is 16.1 Å². The predicted octanol–water partition coefficient (Wildman–Crippen LogP) is 2.15. The molecule has 27 heavy (non-hydrogen) atoms. The smallest absolute Gasteiger partial charge is 0.261 e. The van der Waals surface area contributed by atoms with Crippen LogP contribution in [0.5, 0.6) is 5.75 Å². The molecule has 0 aliphatic carbocycles. The quantitative estimate of drug-likeness (QED) is 0.829. The second-order valence-electron chi connectivity index (χ2n) is 5.98. The van der Waals surface area contributed by atoms with E-state index in [9.17, 15) is 9.59 Å². The molecule has 1 atom stereocenters. The van der Waals surface area contributed by atoms with Gasteiger partial charge in [0.15, 0.2) is 6.61 Å². The van der Waals surface area contributed by atoms with Gasteiger partial charge in [-0.05, 0) is 17.7 Å². The van der Waals surface area contributed by atoms with Crippen molar-refractivity contribution in [2.75, 3.05) is 18.2 Å². The van der Waals surface area contributed by atoms with Crippen LogP contribution in [0.25, 0.3) is 0 Å². The van der Waals surface area contributed by atoms with Crippen LogP contribution in [0.3, 0.4) is 0 Å². The molecule has 1 fully saturated rings. The molecule has 0 unspecified atom stereocenters. The minimum atomic E-state index is -0.513. The molecule has 6 nitrogen and oxygen atoms in total. The number of benzene rings is 2. The molecule has 2 amide bonds. The maximum Gasteiger partial charge on any atom is 0.261 e. The summed E-state index contributed by atoms with van der Waals surface area (Å²) in [6, 6.07) is 17.9. The number of hydrogen-bond donors (Lipinski definition) is 1. The lowest BCUT2D eigenvalue weighted by molar-refractivity contribution is -0.139. The van der Waals surface area contributed by atoms with Crippen molar-refractivity contribution in [3.8, 4) is 11.8 Å². The number of carbonyl (C=O) groups excluding carboxylic acids is 2. The Morgan fingerprint density at radius 2 is 1.93 bits per heavy atom. The van der Waals surface area contributed by atoms with E-state index in [2.05, 4.69) is 5.32 Å². The normalized spacial score (nSPS) is 15.8. The van der Waals surface area contributed by atoms with Crippen molar-refractivity contribution in [3.63, 3.8) is 0 Å². The Kier molecular flexibility index (Phi) is 6.34. The van der Waals surface area contributed by atoms with E-state index >= 15 is 0 Å². The summed E-state index contributed by atoms with van der Waals surface area (Å²) in [6.07, 6.45) is 0. The van der Waals surface area contributed by atoms with E-state index in [4.69, 9.17) is 10.00 Å². The number of carbonyl (C=O) groups is 2. The van der Waals surface area contributed by atoms with Gasteiger partial charge in [-0.1, -0.05) is 42.5 Å². The number of nitriles is 1. The summed E-state index contributed by atoms with van der Waals surface area (Å²) in [5.74, 6) is 0.930. The van der Waals surface area contributed by atoms with Crippen LogP contribution in [0.4, 0.5) is 0 Å². The molecule has 0 spiro atoms. The van der Waals surface area contributed by atoms with Gasteiger partial charge in [-0.2, -0.15) is 5.26 Å². The van der Waals surface area contributed by atoms with Gasteiger partial charge in [-0.3, -0.25) is 9.59 Å². The third-order valence-corrected chi connectivity index (χ3v) is 5.19. The van der Waals surface area contributed by atoms with Crippen molar-refractivity contribution in [2.45, 2.75) is 12.6 Å². The Morgan fingerprint density at radius 3 is 2.70 bits per heavy atom. The summed E-state index contributed by atoms with van der Waals surface area (Å²) in [4.78, 5) is 26.6. The summed E-state index contributed by atoms with van der Waals surface area (Å²) < 4.78 is 5.50. The van der Waals surface area contributed by atoms with Gasteiger partial charge in [0.1, 0.15) is 17.9 Å². The Morgan fingerprint density at radius 1 is 1.19 bits per heavy atom. The van der Waals surface area contributed by atoms with Crippen molar-refractivity contribution < 1.29 is 14.3 Å². The molecule has 1 aliphatic rings. The van der Waals surface area contributed by atoms with Gasteiger partial charge in [0.25, 0.3) is 5.91 Å². The Hall–Kier alpha value is -2.98. The zero-order chi connectivity index (χ0) is 19.1. The van der Waals surface area contributed by atoms with E-state index in [1.807, 2.05) is 36.4 Å². The molecular weight excluding hydrogens is 362 g/mol. The van der Waals surface area contributed by atoms with Crippen LogP contribution < -0.4 is 10.1 Å². The Balaban J connectivity index is 1.56. The maximum atomic E-state index is 12.5. The fraction of sp³-hybridized carbons (Fsp3) is 0.250. The predicted molar refractivity (Wildman–Crippen MR) is 103 cm³/mol. The van der Waals surface area contributed by atoms with Crippen molar-refractivity contribution in [1.82, 2.24) is 10.2 Å². The minimum absolute atomic E-state index is 0.172. The van der Waals surface area contributed by atoms with E-state index in [1.54, 1.807) is 24.3 Å². The molecule has 7 heteroatoms. The van der Waals surface area contributed by atoms with E-state index in [-0.39, 0.29) is 18.4 Å². The standard InChI is InChI=1S/C20H19N3O3S/c21-10-16-8-4-5-9-18(16)26-12-19(24)23-14-27-13-17(23)20(25)22-11-15-6-2-1-3-7-15/h1-9,17H,11-14H2,(H,22,25)/t17-/m0/s1. The van der Waals surface area contributed by atoms with E-state index in [0.717, 1.165) is 5.56 Å². The number of para-hydroxylation sites is 1. The third kappa shape index (κ3) is 4.80. The molecule has 0 aromatic heterocycles. The highest BCUT2D eigenvalue weighted by Gasteiger charge is 2.34. The maximum absolute atomic E-state index is 12.5.